The van der Waals surface area contributed by atoms with Gasteiger partial charge in [-0.3, -0.25) is 0 Å². The van der Waals surface area contributed by atoms with Gasteiger partial charge in [0.25, 0.3) is 0 Å². The van der Waals surface area contributed by atoms with Gasteiger partial charge in [-0.25, -0.2) is 0 Å². The molecule has 0 atom stereocenters. The summed E-state index contributed by atoms with van der Waals surface area (Å²) < 4.78 is 13.5. The predicted molar refractivity (Wildman–Crippen MR) is 124 cm³/mol. The number of hydrogen-bond donors (Lipinski definition) is 0. The Morgan fingerprint density at radius 3 is 2.69 bits per heavy atom. The molecule has 4 aromatic rings. The molecule has 0 fully saturated rings. The molecule has 2 heterocycles. The summed E-state index contributed by atoms with van der Waals surface area (Å²) in [4.78, 5) is 4.54. The first-order valence-corrected chi connectivity index (χ1v) is 11.7. The van der Waals surface area contributed by atoms with Gasteiger partial charge in [0.05, 0.1) is 5.75 Å². The van der Waals surface area contributed by atoms with Crippen LogP contribution in [0.1, 0.15) is 37.5 Å². The number of ether oxygens (including phenoxy) is 1. The van der Waals surface area contributed by atoms with Crippen LogP contribution >= 0.6 is 11.8 Å². The van der Waals surface area contributed by atoms with Crippen LogP contribution in [0.15, 0.2) is 64.3 Å². The van der Waals surface area contributed by atoms with Crippen LogP contribution in [0.2, 0.25) is 0 Å². The quantitative estimate of drug-likeness (QED) is 0.294. The predicted octanol–water partition coefficient (Wildman–Crippen LogP) is 5.55. The molecule has 0 saturated carbocycles. The molecule has 0 radical (unpaired) electrons. The highest BCUT2D eigenvalue weighted by Crippen LogP contribution is 2.25. The summed E-state index contributed by atoms with van der Waals surface area (Å²) in [7, 11) is 0. The molecular weight excluding hydrogens is 422 g/mol. The molecule has 32 heavy (non-hydrogen) atoms. The monoisotopic (exact) mass is 449 g/mol. The van der Waals surface area contributed by atoms with Gasteiger partial charge in [0, 0.05) is 12.1 Å². The third-order valence-corrected chi connectivity index (χ3v) is 5.86. The summed E-state index contributed by atoms with van der Waals surface area (Å²) in [6, 6.07) is 17.8. The number of aryl methyl sites for hydroxylation is 1. The van der Waals surface area contributed by atoms with E-state index in [1.165, 1.54) is 0 Å². The van der Waals surface area contributed by atoms with Crippen LogP contribution in [-0.2, 0) is 18.9 Å². The van der Waals surface area contributed by atoms with Crippen molar-refractivity contribution in [2.45, 2.75) is 51.3 Å². The van der Waals surface area contributed by atoms with Crippen molar-refractivity contribution in [3.8, 4) is 17.1 Å². The van der Waals surface area contributed by atoms with Gasteiger partial charge in [-0.1, -0.05) is 72.7 Å². The van der Waals surface area contributed by atoms with E-state index < -0.39 is 0 Å². The standard InChI is InChI=1S/C24H27N5O2S/c1-17(2)12-13-29-21(15-30-20-10-5-4-6-11-20)26-27-24(29)32-16-22-25-23(28-31-22)19-9-7-8-18(3)14-19/h4-11,14,17H,12-13,15-16H2,1-3H3. The van der Waals surface area contributed by atoms with Gasteiger partial charge in [-0.2, -0.15) is 4.98 Å². The first-order chi connectivity index (χ1) is 15.6. The number of para-hydroxylation sites is 1. The second kappa shape index (κ2) is 10.5. The molecule has 2 aromatic heterocycles. The lowest BCUT2D eigenvalue weighted by atomic mass is 10.1. The summed E-state index contributed by atoms with van der Waals surface area (Å²) in [5.41, 5.74) is 2.11. The van der Waals surface area contributed by atoms with Gasteiger partial charge < -0.3 is 13.8 Å². The second-order valence-corrected chi connectivity index (χ2v) is 8.95. The molecule has 2 aromatic carbocycles. The van der Waals surface area contributed by atoms with E-state index in [0.29, 0.717) is 30.0 Å². The minimum atomic E-state index is 0.369. The number of nitrogens with zero attached hydrogens (tertiary/aromatic N) is 5. The van der Waals surface area contributed by atoms with Gasteiger partial charge >= 0.3 is 0 Å². The van der Waals surface area contributed by atoms with Crippen molar-refractivity contribution in [1.29, 1.82) is 0 Å². The Kier molecular flexibility index (Phi) is 7.21. The smallest absolute Gasteiger partial charge is 0.237 e. The maximum Gasteiger partial charge on any atom is 0.237 e. The van der Waals surface area contributed by atoms with Crippen LogP contribution in [0.25, 0.3) is 11.4 Å². The summed E-state index contributed by atoms with van der Waals surface area (Å²) in [6.45, 7) is 7.67. The number of rotatable bonds is 10. The van der Waals surface area contributed by atoms with E-state index >= 15 is 0 Å². The second-order valence-electron chi connectivity index (χ2n) is 8.00. The van der Waals surface area contributed by atoms with E-state index in [2.05, 4.69) is 38.8 Å². The first kappa shape index (κ1) is 22.1. The van der Waals surface area contributed by atoms with Crippen LogP contribution in [0.5, 0.6) is 5.75 Å². The van der Waals surface area contributed by atoms with E-state index in [9.17, 15) is 0 Å². The Balaban J connectivity index is 1.45. The van der Waals surface area contributed by atoms with Crippen molar-refractivity contribution in [2.75, 3.05) is 0 Å². The zero-order valence-electron chi connectivity index (χ0n) is 18.6. The van der Waals surface area contributed by atoms with E-state index in [-0.39, 0.29) is 0 Å². The molecule has 0 aliphatic rings. The van der Waals surface area contributed by atoms with E-state index in [1.54, 1.807) is 11.8 Å². The average Bonchev–Trinajstić information content (AvgIpc) is 3.42. The van der Waals surface area contributed by atoms with Crippen LogP contribution in [0.3, 0.4) is 0 Å². The summed E-state index contributed by atoms with van der Waals surface area (Å²) in [6.07, 6.45) is 1.03. The molecule has 7 nitrogen and oxygen atoms in total. The molecule has 0 spiro atoms. The van der Waals surface area contributed by atoms with Crippen molar-refractivity contribution in [3.05, 3.63) is 71.9 Å². The molecule has 0 bridgehead atoms. The van der Waals surface area contributed by atoms with E-state index in [1.807, 2.05) is 61.5 Å². The fourth-order valence-electron chi connectivity index (χ4n) is 3.15. The van der Waals surface area contributed by atoms with Crippen molar-refractivity contribution in [2.24, 2.45) is 5.92 Å². The Morgan fingerprint density at radius 1 is 1.06 bits per heavy atom. The van der Waals surface area contributed by atoms with Gasteiger partial charge in [0.2, 0.25) is 11.7 Å². The Labute approximate surface area is 192 Å². The van der Waals surface area contributed by atoms with Crippen LogP contribution in [-0.4, -0.2) is 24.9 Å². The molecule has 4 rings (SSSR count). The zero-order chi connectivity index (χ0) is 22.3. The molecule has 0 saturated heterocycles. The number of aromatic nitrogens is 5. The Bertz CT molecular complexity index is 1140. The van der Waals surface area contributed by atoms with Gasteiger partial charge in [0.1, 0.15) is 12.4 Å². The highest BCUT2D eigenvalue weighted by atomic mass is 32.2. The highest BCUT2D eigenvalue weighted by Gasteiger charge is 2.16. The summed E-state index contributed by atoms with van der Waals surface area (Å²) in [5, 5.41) is 13.7. The normalized spacial score (nSPS) is 11.2. The van der Waals surface area contributed by atoms with E-state index in [0.717, 1.165) is 40.8 Å². The summed E-state index contributed by atoms with van der Waals surface area (Å²) in [5.74, 6) is 3.89. The fraction of sp³-hybridized carbons (Fsp3) is 0.333. The summed E-state index contributed by atoms with van der Waals surface area (Å²) >= 11 is 1.54. The number of thioether (sulfide) groups is 1. The maximum atomic E-state index is 5.90. The molecule has 0 unspecified atom stereocenters. The van der Waals surface area contributed by atoms with Gasteiger partial charge in [0.15, 0.2) is 11.0 Å². The highest BCUT2D eigenvalue weighted by molar-refractivity contribution is 7.98. The SMILES string of the molecule is Cc1cccc(-c2noc(CSc3nnc(COc4ccccc4)n3CCC(C)C)n2)c1. The average molecular weight is 450 g/mol. The maximum absolute atomic E-state index is 5.90. The molecule has 0 aliphatic heterocycles. The van der Waals surface area contributed by atoms with Crippen LogP contribution in [0.4, 0.5) is 0 Å². The van der Waals surface area contributed by atoms with Crippen LogP contribution in [0, 0.1) is 12.8 Å². The minimum Gasteiger partial charge on any atom is -0.486 e. The largest absolute Gasteiger partial charge is 0.486 e. The third-order valence-electron chi connectivity index (χ3n) is 4.90. The molecule has 0 amide bonds. The Morgan fingerprint density at radius 2 is 1.91 bits per heavy atom. The topological polar surface area (TPSA) is 78.9 Å². The van der Waals surface area contributed by atoms with Crippen LogP contribution < -0.4 is 4.74 Å². The van der Waals surface area contributed by atoms with Crippen molar-refractivity contribution in [1.82, 2.24) is 24.9 Å². The fourth-order valence-corrected chi connectivity index (χ4v) is 3.97. The number of hydrogen-bond acceptors (Lipinski definition) is 7. The number of benzene rings is 2. The minimum absolute atomic E-state index is 0.369. The molecule has 166 valence electrons. The lowest BCUT2D eigenvalue weighted by molar-refractivity contribution is 0.285. The van der Waals surface area contributed by atoms with Gasteiger partial charge in [-0.15, -0.1) is 10.2 Å². The Hall–Kier alpha value is -3.13. The zero-order valence-corrected chi connectivity index (χ0v) is 19.4. The van der Waals surface area contributed by atoms with Gasteiger partial charge in [-0.05, 0) is 37.5 Å². The lowest BCUT2D eigenvalue weighted by Crippen LogP contribution is -2.10. The molecule has 8 heteroatoms. The van der Waals surface area contributed by atoms with Crippen molar-refractivity contribution < 1.29 is 9.26 Å². The van der Waals surface area contributed by atoms with E-state index in [4.69, 9.17) is 9.26 Å². The molecule has 0 N–H and O–H groups in total. The molecular formula is C24H27N5O2S. The first-order valence-electron chi connectivity index (χ1n) is 10.7. The lowest BCUT2D eigenvalue weighted by Gasteiger charge is -2.12. The van der Waals surface area contributed by atoms with Crippen molar-refractivity contribution >= 4 is 11.8 Å². The third kappa shape index (κ3) is 5.76. The van der Waals surface area contributed by atoms with Crippen molar-refractivity contribution in [3.63, 3.8) is 0 Å². The molecule has 0 aliphatic carbocycles.